The summed E-state index contributed by atoms with van der Waals surface area (Å²) in [6.07, 6.45) is 1.75. The van der Waals surface area contributed by atoms with Crippen LogP contribution in [0.2, 0.25) is 0 Å². The third kappa shape index (κ3) is 3.25. The molecule has 16 heavy (non-hydrogen) atoms. The number of aliphatic hydroxyl groups excluding tert-OH is 1. The molecule has 0 bridgehead atoms. The zero-order valence-corrected chi connectivity index (χ0v) is 8.92. The van der Waals surface area contributed by atoms with Crippen molar-refractivity contribution in [1.82, 2.24) is 5.32 Å². The molecule has 1 atom stereocenters. The molecule has 1 fully saturated rings. The number of nitrogens with one attached hydrogen (secondary N) is 1. The fraction of sp³-hybridized carbons (Fsp3) is 0.500. The molecule has 1 aliphatic carbocycles. The minimum atomic E-state index is -0.670. The summed E-state index contributed by atoms with van der Waals surface area (Å²) in [5.74, 6) is -0.939. The molecule has 2 N–H and O–H groups in total. The summed E-state index contributed by atoms with van der Waals surface area (Å²) in [7, 11) is 0. The highest BCUT2D eigenvalue weighted by Gasteiger charge is 2.21. The van der Waals surface area contributed by atoms with Crippen LogP contribution in [-0.2, 0) is 6.42 Å². The monoisotopic (exact) mass is 227 g/mol. The minimum absolute atomic E-state index is 0.142. The molecule has 0 aliphatic heterocycles. The van der Waals surface area contributed by atoms with Crippen molar-refractivity contribution < 1.29 is 13.9 Å². The Morgan fingerprint density at radius 3 is 2.81 bits per heavy atom. The molecular formula is C12H15F2NO. The molecule has 88 valence electrons. The Balaban J connectivity index is 1.88. The highest BCUT2D eigenvalue weighted by molar-refractivity contribution is 5.19. The van der Waals surface area contributed by atoms with E-state index in [-0.39, 0.29) is 12.0 Å². The quantitative estimate of drug-likeness (QED) is 0.801. The fourth-order valence-corrected chi connectivity index (χ4v) is 1.62. The maximum atomic E-state index is 13.2. The van der Waals surface area contributed by atoms with Crippen molar-refractivity contribution in [2.45, 2.75) is 31.4 Å². The van der Waals surface area contributed by atoms with E-state index in [0.717, 1.165) is 31.0 Å². The summed E-state index contributed by atoms with van der Waals surface area (Å²) in [6, 6.07) is 3.81. The highest BCUT2D eigenvalue weighted by Crippen LogP contribution is 2.18. The van der Waals surface area contributed by atoms with Crippen molar-refractivity contribution in [1.29, 1.82) is 0 Å². The van der Waals surface area contributed by atoms with Crippen LogP contribution in [0.4, 0.5) is 8.78 Å². The van der Waals surface area contributed by atoms with Gasteiger partial charge in [0.2, 0.25) is 0 Å². The van der Waals surface area contributed by atoms with Crippen LogP contribution < -0.4 is 5.32 Å². The van der Waals surface area contributed by atoms with E-state index < -0.39 is 17.7 Å². The van der Waals surface area contributed by atoms with Gasteiger partial charge in [0.1, 0.15) is 11.6 Å². The first kappa shape index (κ1) is 11.5. The van der Waals surface area contributed by atoms with Gasteiger partial charge in [0.05, 0.1) is 6.10 Å². The Kier molecular flexibility index (Phi) is 3.51. The number of hydrogen-bond donors (Lipinski definition) is 2. The molecule has 1 aliphatic rings. The summed E-state index contributed by atoms with van der Waals surface area (Å²) in [6.45, 7) is 0.431. The van der Waals surface area contributed by atoms with Crippen LogP contribution in [0, 0.1) is 11.6 Å². The lowest BCUT2D eigenvalue weighted by molar-refractivity contribution is 0.170. The first-order valence-electron chi connectivity index (χ1n) is 5.50. The molecule has 1 aromatic rings. The molecule has 1 aromatic carbocycles. The van der Waals surface area contributed by atoms with Crippen LogP contribution in [0.1, 0.15) is 18.4 Å². The lowest BCUT2D eigenvalue weighted by atomic mass is 10.1. The van der Waals surface area contributed by atoms with Gasteiger partial charge < -0.3 is 10.4 Å². The molecule has 0 spiro atoms. The molecule has 0 radical (unpaired) electrons. The van der Waals surface area contributed by atoms with Gasteiger partial charge in [0.15, 0.2) is 0 Å². The predicted molar refractivity (Wildman–Crippen MR) is 57.1 cm³/mol. The normalized spacial score (nSPS) is 17.4. The number of rotatable bonds is 5. The van der Waals surface area contributed by atoms with Crippen LogP contribution in [0.25, 0.3) is 0 Å². The van der Waals surface area contributed by atoms with E-state index in [1.54, 1.807) is 0 Å². The van der Waals surface area contributed by atoms with E-state index in [2.05, 4.69) is 5.32 Å². The summed E-state index contributed by atoms with van der Waals surface area (Å²) in [5, 5.41) is 12.8. The molecule has 1 saturated carbocycles. The zero-order valence-electron chi connectivity index (χ0n) is 8.92. The van der Waals surface area contributed by atoms with E-state index >= 15 is 0 Å². The Labute approximate surface area is 93.3 Å². The van der Waals surface area contributed by atoms with Gasteiger partial charge in [0, 0.05) is 19.0 Å². The lowest BCUT2D eigenvalue weighted by Crippen LogP contribution is -2.30. The minimum Gasteiger partial charge on any atom is -0.391 e. The Bertz CT molecular complexity index is 366. The van der Waals surface area contributed by atoms with Crippen LogP contribution in [0.5, 0.6) is 0 Å². The van der Waals surface area contributed by atoms with Gasteiger partial charge in [-0.3, -0.25) is 0 Å². The highest BCUT2D eigenvalue weighted by atomic mass is 19.1. The summed E-state index contributed by atoms with van der Waals surface area (Å²) in [4.78, 5) is 0. The standard InChI is InChI=1S/C12H15F2NO/c13-9-1-4-12(14)8(5-9)6-11(16)7-15-10-2-3-10/h1,4-5,10-11,15-16H,2-3,6-7H2. The van der Waals surface area contributed by atoms with Gasteiger partial charge in [-0.1, -0.05) is 0 Å². The van der Waals surface area contributed by atoms with Crippen molar-refractivity contribution in [2.75, 3.05) is 6.54 Å². The molecule has 0 heterocycles. The molecule has 2 rings (SSSR count). The van der Waals surface area contributed by atoms with Gasteiger partial charge in [0.25, 0.3) is 0 Å². The Morgan fingerprint density at radius 2 is 2.12 bits per heavy atom. The number of hydrogen-bond acceptors (Lipinski definition) is 2. The smallest absolute Gasteiger partial charge is 0.126 e. The molecular weight excluding hydrogens is 212 g/mol. The van der Waals surface area contributed by atoms with Crippen molar-refractivity contribution in [3.63, 3.8) is 0 Å². The lowest BCUT2D eigenvalue weighted by Gasteiger charge is -2.12. The largest absolute Gasteiger partial charge is 0.391 e. The van der Waals surface area contributed by atoms with Crippen LogP contribution >= 0.6 is 0 Å². The van der Waals surface area contributed by atoms with Crippen LogP contribution in [0.15, 0.2) is 18.2 Å². The van der Waals surface area contributed by atoms with Gasteiger partial charge >= 0.3 is 0 Å². The maximum absolute atomic E-state index is 13.2. The number of benzene rings is 1. The summed E-state index contributed by atoms with van der Waals surface area (Å²) < 4.78 is 26.1. The SMILES string of the molecule is OC(CNC1CC1)Cc1cc(F)ccc1F. The van der Waals surface area contributed by atoms with E-state index in [1.807, 2.05) is 0 Å². The van der Waals surface area contributed by atoms with Crippen molar-refractivity contribution in [3.8, 4) is 0 Å². The molecule has 0 amide bonds. The predicted octanol–water partition coefficient (Wildman–Crippen LogP) is 1.62. The molecule has 0 saturated heterocycles. The Morgan fingerprint density at radius 1 is 1.38 bits per heavy atom. The van der Waals surface area contributed by atoms with Gasteiger partial charge in [-0.15, -0.1) is 0 Å². The molecule has 4 heteroatoms. The summed E-state index contributed by atoms with van der Waals surface area (Å²) >= 11 is 0. The van der Waals surface area contributed by atoms with Crippen LogP contribution in [0.3, 0.4) is 0 Å². The van der Waals surface area contributed by atoms with Crippen molar-refractivity contribution >= 4 is 0 Å². The first-order valence-corrected chi connectivity index (χ1v) is 5.50. The van der Waals surface area contributed by atoms with Crippen LogP contribution in [-0.4, -0.2) is 23.8 Å². The third-order valence-corrected chi connectivity index (χ3v) is 2.68. The van der Waals surface area contributed by atoms with Gasteiger partial charge in [-0.05, 0) is 36.6 Å². The number of aliphatic hydroxyl groups is 1. The van der Waals surface area contributed by atoms with Crippen molar-refractivity contribution in [3.05, 3.63) is 35.4 Å². The van der Waals surface area contributed by atoms with E-state index in [9.17, 15) is 13.9 Å². The topological polar surface area (TPSA) is 32.3 Å². The third-order valence-electron chi connectivity index (χ3n) is 2.68. The van der Waals surface area contributed by atoms with Gasteiger partial charge in [-0.2, -0.15) is 0 Å². The van der Waals surface area contributed by atoms with Crippen molar-refractivity contribution in [2.24, 2.45) is 0 Å². The zero-order chi connectivity index (χ0) is 11.5. The second-order valence-electron chi connectivity index (χ2n) is 4.28. The first-order chi connectivity index (χ1) is 7.65. The van der Waals surface area contributed by atoms with E-state index in [1.165, 1.54) is 0 Å². The maximum Gasteiger partial charge on any atom is 0.126 e. The van der Waals surface area contributed by atoms with E-state index in [4.69, 9.17) is 0 Å². The van der Waals surface area contributed by atoms with E-state index in [0.29, 0.717) is 12.6 Å². The Hall–Kier alpha value is -1.00. The van der Waals surface area contributed by atoms with Gasteiger partial charge in [-0.25, -0.2) is 8.78 Å². The fourth-order valence-electron chi connectivity index (χ4n) is 1.62. The average Bonchev–Trinajstić information content (AvgIpc) is 3.04. The average molecular weight is 227 g/mol. The second-order valence-corrected chi connectivity index (χ2v) is 4.28. The molecule has 0 aromatic heterocycles. The molecule has 1 unspecified atom stereocenters. The number of halogens is 2. The second kappa shape index (κ2) is 4.89. The molecule has 2 nitrogen and oxygen atoms in total. The summed E-state index contributed by atoms with van der Waals surface area (Å²) in [5.41, 5.74) is 0.227.